The van der Waals surface area contributed by atoms with Gasteiger partial charge < -0.3 is 11.1 Å². The van der Waals surface area contributed by atoms with E-state index >= 15 is 0 Å². The smallest absolute Gasteiger partial charge is 0.255 e. The average molecular weight is 248 g/mol. The van der Waals surface area contributed by atoms with Crippen LogP contribution in [0.1, 0.15) is 15.9 Å². The zero-order valence-electron chi connectivity index (χ0n) is 10.1. The Morgan fingerprint density at radius 2 is 2.22 bits per heavy atom. The summed E-state index contributed by atoms with van der Waals surface area (Å²) in [5.41, 5.74) is 6.94. The number of nitrogen functional groups attached to an aromatic ring is 1. The van der Waals surface area contributed by atoms with E-state index in [1.807, 2.05) is 0 Å². The normalized spacial score (nSPS) is 10.4. The highest BCUT2D eigenvalue weighted by Gasteiger charge is 2.11. The second-order valence-corrected chi connectivity index (χ2v) is 4.03. The van der Waals surface area contributed by atoms with Crippen molar-refractivity contribution in [2.75, 3.05) is 11.1 Å². The van der Waals surface area contributed by atoms with Crippen LogP contribution >= 0.6 is 0 Å². The Morgan fingerprint density at radius 1 is 1.50 bits per heavy atom. The van der Waals surface area contributed by atoms with Gasteiger partial charge in [-0.15, -0.1) is 0 Å². The molecule has 1 aromatic carbocycles. The minimum atomic E-state index is -0.494. The molecule has 1 aromatic heterocycles. The van der Waals surface area contributed by atoms with Crippen molar-refractivity contribution in [2.45, 2.75) is 6.92 Å². The summed E-state index contributed by atoms with van der Waals surface area (Å²) in [4.78, 5) is 11.9. The van der Waals surface area contributed by atoms with Crippen LogP contribution in [0.3, 0.4) is 0 Å². The molecule has 2 rings (SSSR count). The van der Waals surface area contributed by atoms with Crippen molar-refractivity contribution < 1.29 is 9.18 Å². The molecule has 3 N–H and O–H groups in total. The van der Waals surface area contributed by atoms with Gasteiger partial charge in [-0.05, 0) is 19.1 Å². The fraction of sp³-hybridized carbons (Fsp3) is 0.167. The summed E-state index contributed by atoms with van der Waals surface area (Å²) in [5.74, 6) is -0.917. The quantitative estimate of drug-likeness (QED) is 0.794. The maximum Gasteiger partial charge on any atom is 0.255 e. The van der Waals surface area contributed by atoms with Gasteiger partial charge in [-0.25, -0.2) is 4.39 Å². The highest BCUT2D eigenvalue weighted by Crippen LogP contribution is 2.18. The number of nitrogens with zero attached hydrogens (tertiary/aromatic N) is 2. The number of carbonyl (C=O) groups excluding carboxylic acids is 1. The molecule has 6 heteroatoms. The molecule has 0 fully saturated rings. The highest BCUT2D eigenvalue weighted by atomic mass is 19.1. The van der Waals surface area contributed by atoms with Crippen molar-refractivity contribution in [1.29, 1.82) is 0 Å². The average Bonchev–Trinajstić information content (AvgIpc) is 2.71. The van der Waals surface area contributed by atoms with E-state index in [1.165, 1.54) is 12.3 Å². The van der Waals surface area contributed by atoms with Gasteiger partial charge in [0, 0.05) is 30.1 Å². The van der Waals surface area contributed by atoms with E-state index in [2.05, 4.69) is 10.4 Å². The number of amides is 1. The van der Waals surface area contributed by atoms with E-state index in [0.29, 0.717) is 11.3 Å². The number of nitrogens with one attached hydrogen (secondary N) is 1. The predicted molar refractivity (Wildman–Crippen MR) is 66.7 cm³/mol. The topological polar surface area (TPSA) is 72.9 Å². The molecule has 1 amide bonds. The van der Waals surface area contributed by atoms with Gasteiger partial charge in [0.05, 0.1) is 11.9 Å². The van der Waals surface area contributed by atoms with Gasteiger partial charge in [0.2, 0.25) is 0 Å². The maximum absolute atomic E-state index is 13.5. The Balaban J connectivity index is 2.24. The van der Waals surface area contributed by atoms with Gasteiger partial charge in [0.1, 0.15) is 5.82 Å². The third kappa shape index (κ3) is 2.32. The summed E-state index contributed by atoms with van der Waals surface area (Å²) in [6.45, 7) is 1.56. The van der Waals surface area contributed by atoms with Crippen molar-refractivity contribution >= 4 is 17.3 Å². The standard InChI is InChI=1S/C12H13FN4O/c1-7-10(13)3-8(4-11(7)14)12(18)16-9-5-15-17(2)6-9/h3-6H,14H2,1-2H3,(H,16,18). The van der Waals surface area contributed by atoms with Gasteiger partial charge in [0.25, 0.3) is 5.91 Å². The van der Waals surface area contributed by atoms with Crippen molar-refractivity contribution in [3.63, 3.8) is 0 Å². The van der Waals surface area contributed by atoms with E-state index in [-0.39, 0.29) is 11.3 Å². The largest absolute Gasteiger partial charge is 0.398 e. The zero-order chi connectivity index (χ0) is 13.3. The van der Waals surface area contributed by atoms with Gasteiger partial charge in [-0.1, -0.05) is 0 Å². The van der Waals surface area contributed by atoms with E-state index in [0.717, 1.165) is 6.07 Å². The van der Waals surface area contributed by atoms with Gasteiger partial charge in [-0.3, -0.25) is 9.48 Å². The fourth-order valence-electron chi connectivity index (χ4n) is 1.52. The number of nitrogens with two attached hydrogens (primary N) is 1. The van der Waals surface area contributed by atoms with E-state index in [4.69, 9.17) is 5.73 Å². The molecule has 2 aromatic rings. The molecule has 0 aliphatic carbocycles. The monoisotopic (exact) mass is 248 g/mol. The molecular weight excluding hydrogens is 235 g/mol. The minimum absolute atomic E-state index is 0.180. The van der Waals surface area contributed by atoms with Crippen LogP contribution < -0.4 is 11.1 Å². The van der Waals surface area contributed by atoms with Crippen molar-refractivity contribution in [3.8, 4) is 0 Å². The molecular formula is C12H13FN4O. The lowest BCUT2D eigenvalue weighted by Gasteiger charge is -2.06. The Kier molecular flexibility index (Phi) is 3.01. The molecule has 0 aliphatic heterocycles. The van der Waals surface area contributed by atoms with E-state index < -0.39 is 11.7 Å². The molecule has 0 saturated heterocycles. The third-order valence-corrected chi connectivity index (χ3v) is 2.61. The second-order valence-electron chi connectivity index (χ2n) is 4.03. The Hall–Kier alpha value is -2.37. The molecule has 0 spiro atoms. The molecule has 0 saturated carbocycles. The summed E-state index contributed by atoms with van der Waals surface area (Å²) in [7, 11) is 1.74. The molecule has 0 unspecified atom stereocenters. The Bertz CT molecular complexity index is 583. The van der Waals surface area contributed by atoms with Crippen molar-refractivity contribution in [1.82, 2.24) is 9.78 Å². The summed E-state index contributed by atoms with van der Waals surface area (Å²) in [5, 5.41) is 6.52. The van der Waals surface area contributed by atoms with Crippen LogP contribution in [-0.2, 0) is 7.05 Å². The minimum Gasteiger partial charge on any atom is -0.398 e. The zero-order valence-corrected chi connectivity index (χ0v) is 10.1. The molecule has 0 bridgehead atoms. The van der Waals surface area contributed by atoms with Crippen LogP contribution in [0, 0.1) is 12.7 Å². The first-order chi connectivity index (χ1) is 8.47. The van der Waals surface area contributed by atoms with Crippen LogP contribution in [0.2, 0.25) is 0 Å². The second kappa shape index (κ2) is 4.48. The summed E-state index contributed by atoms with van der Waals surface area (Å²) in [6.07, 6.45) is 3.15. The lowest BCUT2D eigenvalue weighted by molar-refractivity contribution is 0.102. The number of aryl methyl sites for hydroxylation is 1. The first kappa shape index (κ1) is 12.1. The Labute approximate surface area is 103 Å². The molecule has 0 atom stereocenters. The lowest BCUT2D eigenvalue weighted by Crippen LogP contribution is -2.12. The number of anilines is 2. The first-order valence-electron chi connectivity index (χ1n) is 5.33. The summed E-state index contributed by atoms with van der Waals surface area (Å²) in [6, 6.07) is 2.61. The number of hydrogen-bond donors (Lipinski definition) is 2. The molecule has 94 valence electrons. The van der Waals surface area contributed by atoms with Crippen LogP contribution in [0.4, 0.5) is 15.8 Å². The van der Waals surface area contributed by atoms with E-state index in [1.54, 1.807) is 24.9 Å². The molecule has 1 heterocycles. The van der Waals surface area contributed by atoms with Crippen LogP contribution in [0.5, 0.6) is 0 Å². The van der Waals surface area contributed by atoms with Crippen molar-refractivity contribution in [3.05, 3.63) is 41.5 Å². The number of rotatable bonds is 2. The predicted octanol–water partition coefficient (Wildman–Crippen LogP) is 1.70. The van der Waals surface area contributed by atoms with Crippen molar-refractivity contribution in [2.24, 2.45) is 7.05 Å². The number of hydrogen-bond acceptors (Lipinski definition) is 3. The molecule has 5 nitrogen and oxygen atoms in total. The Morgan fingerprint density at radius 3 is 2.78 bits per heavy atom. The number of aromatic nitrogens is 2. The van der Waals surface area contributed by atoms with Gasteiger partial charge >= 0.3 is 0 Å². The third-order valence-electron chi connectivity index (χ3n) is 2.61. The SMILES string of the molecule is Cc1c(N)cc(C(=O)Nc2cnn(C)c2)cc1F. The molecule has 0 radical (unpaired) electrons. The maximum atomic E-state index is 13.5. The highest BCUT2D eigenvalue weighted by molar-refractivity contribution is 6.04. The van der Waals surface area contributed by atoms with Crippen LogP contribution in [-0.4, -0.2) is 15.7 Å². The fourth-order valence-corrected chi connectivity index (χ4v) is 1.52. The molecule has 0 aliphatic rings. The summed E-state index contributed by atoms with van der Waals surface area (Å²) < 4.78 is 15.0. The van der Waals surface area contributed by atoms with E-state index in [9.17, 15) is 9.18 Å². The number of benzene rings is 1. The van der Waals surface area contributed by atoms with Gasteiger partial charge in [-0.2, -0.15) is 5.10 Å². The number of halogens is 1. The first-order valence-corrected chi connectivity index (χ1v) is 5.33. The lowest BCUT2D eigenvalue weighted by atomic mass is 10.1. The molecule has 18 heavy (non-hydrogen) atoms. The number of carbonyl (C=O) groups is 1. The summed E-state index contributed by atoms with van der Waals surface area (Å²) >= 11 is 0. The van der Waals surface area contributed by atoms with Gasteiger partial charge in [0.15, 0.2) is 0 Å². The van der Waals surface area contributed by atoms with Crippen LogP contribution in [0.25, 0.3) is 0 Å². The van der Waals surface area contributed by atoms with Crippen LogP contribution in [0.15, 0.2) is 24.5 Å².